The normalized spacial score (nSPS) is 10.1. The van der Waals surface area contributed by atoms with Gasteiger partial charge in [-0.15, -0.1) is 0 Å². The van der Waals surface area contributed by atoms with Gasteiger partial charge in [-0.3, -0.25) is 0 Å². The Bertz CT molecular complexity index is 402. The number of hydrogen-bond acceptors (Lipinski definition) is 2. The fourth-order valence-corrected chi connectivity index (χ4v) is 1.74. The Kier molecular flexibility index (Phi) is 3.83. The van der Waals surface area contributed by atoms with Crippen molar-refractivity contribution in [2.24, 2.45) is 0 Å². The van der Waals surface area contributed by atoms with Crippen LogP contribution in [0.4, 0.5) is 0 Å². The largest absolute Gasteiger partial charge is 0.480 e. The lowest BCUT2D eigenvalue weighted by molar-refractivity contribution is -0.139. The van der Waals surface area contributed by atoms with Gasteiger partial charge < -0.3 is 9.84 Å². The molecular weight excluding hydrogens is 239 g/mol. The fraction of sp³-hybridized carbons (Fsp3) is 0.300. The van der Waals surface area contributed by atoms with Crippen LogP contribution in [0.15, 0.2) is 6.07 Å². The highest BCUT2D eigenvalue weighted by molar-refractivity contribution is 6.36. The van der Waals surface area contributed by atoms with Crippen molar-refractivity contribution in [3.63, 3.8) is 0 Å². The summed E-state index contributed by atoms with van der Waals surface area (Å²) in [6.45, 7) is 3.19. The van der Waals surface area contributed by atoms with Gasteiger partial charge in [-0.05, 0) is 31.0 Å². The summed E-state index contributed by atoms with van der Waals surface area (Å²) in [5.41, 5.74) is 1.59. The van der Waals surface area contributed by atoms with E-state index in [9.17, 15) is 4.79 Å². The third-order valence-corrected chi connectivity index (χ3v) is 2.75. The Labute approximate surface area is 97.6 Å². The molecule has 5 heteroatoms. The van der Waals surface area contributed by atoms with Gasteiger partial charge in [0.25, 0.3) is 0 Å². The molecule has 0 saturated carbocycles. The Morgan fingerprint density at radius 2 is 1.93 bits per heavy atom. The van der Waals surface area contributed by atoms with Crippen molar-refractivity contribution in [3.05, 3.63) is 27.2 Å². The smallest absolute Gasteiger partial charge is 0.341 e. The zero-order chi connectivity index (χ0) is 11.6. The second kappa shape index (κ2) is 4.73. The Morgan fingerprint density at radius 1 is 1.33 bits per heavy atom. The number of carboxylic acids is 1. The molecule has 15 heavy (non-hydrogen) atoms. The highest BCUT2D eigenvalue weighted by atomic mass is 35.5. The lowest BCUT2D eigenvalue weighted by atomic mass is 10.1. The molecule has 1 rings (SSSR count). The molecule has 0 atom stereocenters. The van der Waals surface area contributed by atoms with Gasteiger partial charge in [-0.2, -0.15) is 0 Å². The van der Waals surface area contributed by atoms with Gasteiger partial charge in [0.05, 0.1) is 5.02 Å². The van der Waals surface area contributed by atoms with Crippen molar-refractivity contribution >= 4 is 29.2 Å². The quantitative estimate of drug-likeness (QED) is 0.895. The molecule has 0 radical (unpaired) electrons. The van der Waals surface area contributed by atoms with Crippen molar-refractivity contribution in [3.8, 4) is 5.75 Å². The summed E-state index contributed by atoms with van der Waals surface area (Å²) in [6.07, 6.45) is 0. The summed E-state index contributed by atoms with van der Waals surface area (Å²) in [4.78, 5) is 10.4. The molecule has 0 spiro atoms. The summed E-state index contributed by atoms with van der Waals surface area (Å²) in [6, 6.07) is 1.54. The highest BCUT2D eigenvalue weighted by Crippen LogP contribution is 2.35. The summed E-state index contributed by atoms with van der Waals surface area (Å²) in [5.74, 6) is -0.668. The second-order valence-electron chi connectivity index (χ2n) is 3.10. The van der Waals surface area contributed by atoms with E-state index in [0.29, 0.717) is 15.8 Å². The van der Waals surface area contributed by atoms with Crippen molar-refractivity contribution in [2.75, 3.05) is 6.61 Å². The Hall–Kier alpha value is -0.930. The van der Waals surface area contributed by atoms with E-state index in [2.05, 4.69) is 0 Å². The van der Waals surface area contributed by atoms with E-state index in [1.807, 2.05) is 6.92 Å². The lowest BCUT2D eigenvalue weighted by Crippen LogP contribution is -2.10. The SMILES string of the molecule is Cc1c(Cl)cc(Cl)c(OCC(=O)O)c1C. The van der Waals surface area contributed by atoms with E-state index < -0.39 is 12.6 Å². The fourth-order valence-electron chi connectivity index (χ4n) is 1.12. The van der Waals surface area contributed by atoms with Crippen LogP contribution in [0.3, 0.4) is 0 Å². The summed E-state index contributed by atoms with van der Waals surface area (Å²) in [7, 11) is 0. The van der Waals surface area contributed by atoms with Crippen LogP contribution in [-0.2, 0) is 4.79 Å². The van der Waals surface area contributed by atoms with E-state index in [4.69, 9.17) is 33.0 Å². The lowest BCUT2D eigenvalue weighted by Gasteiger charge is -2.12. The van der Waals surface area contributed by atoms with Gasteiger partial charge in [0, 0.05) is 5.02 Å². The maximum absolute atomic E-state index is 10.4. The van der Waals surface area contributed by atoms with Crippen LogP contribution in [-0.4, -0.2) is 17.7 Å². The number of hydrogen-bond donors (Lipinski definition) is 1. The minimum atomic E-state index is -1.04. The van der Waals surface area contributed by atoms with E-state index in [1.54, 1.807) is 13.0 Å². The maximum atomic E-state index is 10.4. The second-order valence-corrected chi connectivity index (χ2v) is 3.92. The minimum absolute atomic E-state index is 0.323. The van der Waals surface area contributed by atoms with Crippen LogP contribution in [0.5, 0.6) is 5.75 Å². The van der Waals surface area contributed by atoms with Gasteiger partial charge in [0.2, 0.25) is 0 Å². The van der Waals surface area contributed by atoms with Crippen LogP contribution in [0, 0.1) is 13.8 Å². The summed E-state index contributed by atoms with van der Waals surface area (Å²) >= 11 is 11.8. The molecular formula is C10H10Cl2O3. The number of carboxylic acid groups (broad SMARTS) is 1. The number of halogens is 2. The molecule has 0 heterocycles. The first-order valence-corrected chi connectivity index (χ1v) is 4.99. The van der Waals surface area contributed by atoms with Gasteiger partial charge in [-0.1, -0.05) is 23.2 Å². The predicted octanol–water partition coefficient (Wildman–Crippen LogP) is 3.07. The number of benzene rings is 1. The zero-order valence-corrected chi connectivity index (χ0v) is 9.82. The number of rotatable bonds is 3. The minimum Gasteiger partial charge on any atom is -0.480 e. The molecule has 0 bridgehead atoms. The molecule has 0 amide bonds. The van der Waals surface area contributed by atoms with Crippen molar-refractivity contribution < 1.29 is 14.6 Å². The van der Waals surface area contributed by atoms with E-state index in [1.165, 1.54) is 0 Å². The summed E-state index contributed by atoms with van der Waals surface area (Å²) in [5, 5.41) is 9.35. The maximum Gasteiger partial charge on any atom is 0.341 e. The Balaban J connectivity index is 3.07. The van der Waals surface area contributed by atoms with Crippen LogP contribution in [0.25, 0.3) is 0 Å². The molecule has 0 aromatic heterocycles. The molecule has 0 fully saturated rings. The molecule has 1 N–H and O–H groups in total. The van der Waals surface area contributed by atoms with Crippen LogP contribution in [0.2, 0.25) is 10.0 Å². The van der Waals surface area contributed by atoms with Crippen LogP contribution < -0.4 is 4.74 Å². The van der Waals surface area contributed by atoms with Gasteiger partial charge in [-0.25, -0.2) is 4.79 Å². The molecule has 82 valence electrons. The van der Waals surface area contributed by atoms with Crippen molar-refractivity contribution in [1.29, 1.82) is 0 Å². The summed E-state index contributed by atoms with van der Waals surface area (Å²) < 4.78 is 5.07. The van der Waals surface area contributed by atoms with Gasteiger partial charge in [0.1, 0.15) is 5.75 Å². The first kappa shape index (κ1) is 12.1. The highest BCUT2D eigenvalue weighted by Gasteiger charge is 2.12. The van der Waals surface area contributed by atoms with Crippen molar-refractivity contribution in [1.82, 2.24) is 0 Å². The standard InChI is InChI=1S/C10H10Cl2O3/c1-5-6(2)10(15-4-9(13)14)8(12)3-7(5)11/h3H,4H2,1-2H3,(H,13,14). The van der Waals surface area contributed by atoms with Crippen LogP contribution in [0.1, 0.15) is 11.1 Å². The van der Waals surface area contributed by atoms with E-state index in [-0.39, 0.29) is 0 Å². The van der Waals surface area contributed by atoms with Gasteiger partial charge in [0.15, 0.2) is 6.61 Å². The number of carbonyl (C=O) groups is 1. The first-order chi connectivity index (χ1) is 6.93. The monoisotopic (exact) mass is 248 g/mol. The third kappa shape index (κ3) is 2.76. The topological polar surface area (TPSA) is 46.5 Å². The number of aliphatic carboxylic acids is 1. The molecule has 3 nitrogen and oxygen atoms in total. The predicted molar refractivity (Wildman–Crippen MR) is 59.1 cm³/mol. The van der Waals surface area contributed by atoms with E-state index in [0.717, 1.165) is 11.1 Å². The zero-order valence-electron chi connectivity index (χ0n) is 8.30. The molecule has 0 aliphatic heterocycles. The molecule has 0 unspecified atom stereocenters. The molecule has 1 aromatic carbocycles. The van der Waals surface area contributed by atoms with Crippen molar-refractivity contribution in [2.45, 2.75) is 13.8 Å². The average molecular weight is 249 g/mol. The molecule has 1 aromatic rings. The van der Waals surface area contributed by atoms with E-state index >= 15 is 0 Å². The number of ether oxygens (including phenoxy) is 1. The molecule has 0 aliphatic rings. The molecule has 0 saturated heterocycles. The van der Waals surface area contributed by atoms with Gasteiger partial charge >= 0.3 is 5.97 Å². The molecule has 0 aliphatic carbocycles. The first-order valence-electron chi connectivity index (χ1n) is 4.23. The third-order valence-electron chi connectivity index (χ3n) is 2.07. The average Bonchev–Trinajstić information content (AvgIpc) is 2.14. The van der Waals surface area contributed by atoms with Crippen LogP contribution >= 0.6 is 23.2 Å². The Morgan fingerprint density at radius 3 is 2.47 bits per heavy atom.